The number of hydrogen-bond donors (Lipinski definition) is 0. The van der Waals surface area contributed by atoms with Crippen molar-refractivity contribution < 1.29 is 14.3 Å². The lowest BCUT2D eigenvalue weighted by atomic mass is 9.66. The van der Waals surface area contributed by atoms with Crippen LogP contribution in [0.3, 0.4) is 0 Å². The molecule has 1 saturated heterocycles. The van der Waals surface area contributed by atoms with Gasteiger partial charge in [-0.25, -0.2) is 0 Å². The molecular weight excluding hydrogens is 336 g/mol. The highest BCUT2D eigenvalue weighted by molar-refractivity contribution is 5.88. The van der Waals surface area contributed by atoms with Gasteiger partial charge in [0.25, 0.3) is 0 Å². The molecule has 142 valence electrons. The van der Waals surface area contributed by atoms with Gasteiger partial charge in [-0.05, 0) is 54.9 Å². The van der Waals surface area contributed by atoms with Crippen LogP contribution in [0.2, 0.25) is 0 Å². The van der Waals surface area contributed by atoms with Crippen LogP contribution in [0.5, 0.6) is 5.75 Å². The quantitative estimate of drug-likeness (QED) is 0.704. The monoisotopic (exact) mass is 364 g/mol. The van der Waals surface area contributed by atoms with E-state index in [9.17, 15) is 4.79 Å². The Hall–Kier alpha value is -1.87. The van der Waals surface area contributed by atoms with Crippen LogP contribution in [-0.4, -0.2) is 11.6 Å². The summed E-state index contributed by atoms with van der Waals surface area (Å²) in [5.74, 6) is 2.27. The summed E-state index contributed by atoms with van der Waals surface area (Å²) in [7, 11) is 0. The minimum atomic E-state index is -0.563. The van der Waals surface area contributed by atoms with E-state index in [1.54, 1.807) is 6.92 Å². The molecule has 2 aliphatic heterocycles. The fourth-order valence-electron chi connectivity index (χ4n) is 6.01. The summed E-state index contributed by atoms with van der Waals surface area (Å²) < 4.78 is 13.6. The van der Waals surface area contributed by atoms with Crippen LogP contribution in [0.4, 0.5) is 0 Å². The van der Waals surface area contributed by atoms with Crippen molar-refractivity contribution in [1.82, 2.24) is 0 Å². The molecule has 0 radical (unpaired) electrons. The van der Waals surface area contributed by atoms with Crippen molar-refractivity contribution in [2.75, 3.05) is 0 Å². The Morgan fingerprint density at radius 2 is 1.96 bits per heavy atom. The Bertz CT molecular complexity index is 904. The van der Waals surface area contributed by atoms with Crippen LogP contribution < -0.4 is 4.74 Å². The maximum absolute atomic E-state index is 11.7. The minimum Gasteiger partial charge on any atom is -0.461 e. The molecule has 3 heteroatoms. The second-order valence-electron chi connectivity index (χ2n) is 8.93. The van der Waals surface area contributed by atoms with Crippen LogP contribution in [0.1, 0.15) is 58.1 Å². The molecule has 2 heterocycles. The molecule has 0 N–H and O–H groups in total. The third-order valence-corrected chi connectivity index (χ3v) is 7.37. The molecule has 2 aromatic carbocycles. The van der Waals surface area contributed by atoms with E-state index in [1.165, 1.54) is 22.8 Å². The Morgan fingerprint density at radius 1 is 1.15 bits per heavy atom. The number of hydrogen-bond acceptors (Lipinski definition) is 3. The highest BCUT2D eigenvalue weighted by Crippen LogP contribution is 2.63. The molecule has 1 aliphatic carbocycles. The smallest absolute Gasteiger partial charge is 0.217 e. The van der Waals surface area contributed by atoms with Gasteiger partial charge in [0, 0.05) is 23.8 Å². The number of carbonyl (C=O) groups excluding carboxylic acids is 1. The number of Topliss-reactive ketones (excluding diaryl/α,β-unsaturated/α-hetero) is 1. The number of ketones is 1. The fourth-order valence-corrected chi connectivity index (χ4v) is 6.01. The summed E-state index contributed by atoms with van der Waals surface area (Å²) in [5.41, 5.74) is 1.22. The van der Waals surface area contributed by atoms with Crippen LogP contribution in [-0.2, 0) is 9.53 Å². The van der Waals surface area contributed by atoms with Gasteiger partial charge < -0.3 is 14.3 Å². The SMILES string of the molecule is CC(=O)CCC1[C@H](C)CC[C@H]2[C@@H](C)[C@H]3O[C@@]12Oc1ccc2ccccc2c13. The summed E-state index contributed by atoms with van der Waals surface area (Å²) in [6, 6.07) is 12.8. The van der Waals surface area contributed by atoms with Gasteiger partial charge in [-0.1, -0.05) is 44.2 Å². The lowest BCUT2D eigenvalue weighted by molar-refractivity contribution is -0.261. The number of rotatable bonds is 3. The van der Waals surface area contributed by atoms with E-state index in [0.29, 0.717) is 24.2 Å². The second-order valence-corrected chi connectivity index (χ2v) is 8.93. The molecule has 2 bridgehead atoms. The van der Waals surface area contributed by atoms with Gasteiger partial charge in [0.1, 0.15) is 11.5 Å². The van der Waals surface area contributed by atoms with Crippen molar-refractivity contribution >= 4 is 16.6 Å². The van der Waals surface area contributed by atoms with E-state index >= 15 is 0 Å². The van der Waals surface area contributed by atoms with Crippen molar-refractivity contribution in [3.63, 3.8) is 0 Å². The zero-order chi connectivity index (χ0) is 18.8. The van der Waals surface area contributed by atoms with Gasteiger partial charge in [-0.15, -0.1) is 0 Å². The van der Waals surface area contributed by atoms with Gasteiger partial charge in [-0.2, -0.15) is 0 Å². The van der Waals surface area contributed by atoms with Gasteiger partial charge >= 0.3 is 0 Å². The predicted molar refractivity (Wildman–Crippen MR) is 106 cm³/mol. The van der Waals surface area contributed by atoms with Crippen molar-refractivity contribution in [2.45, 2.75) is 58.3 Å². The standard InChI is InChI=1S/C24H28O3/c1-14-8-11-20-16(3)23-22-18-7-5-4-6-17(18)10-13-21(22)26-24(20,27-23)19(14)12-9-15(2)25/h4-7,10,13-14,16,19-20,23H,8-9,11-12H2,1-3H3/t14-,16-,19?,20+,23-,24+/m1/s1. The first kappa shape index (κ1) is 17.2. The third-order valence-electron chi connectivity index (χ3n) is 7.37. The first-order valence-corrected chi connectivity index (χ1v) is 10.4. The minimum absolute atomic E-state index is 0.0787. The van der Waals surface area contributed by atoms with Gasteiger partial charge in [0.05, 0.1) is 6.10 Å². The van der Waals surface area contributed by atoms with E-state index in [-0.39, 0.29) is 17.8 Å². The normalized spacial score (nSPS) is 36.8. The Kier molecular flexibility index (Phi) is 3.87. The number of fused-ring (bicyclic) bond motifs is 5. The van der Waals surface area contributed by atoms with Gasteiger partial charge in [0.15, 0.2) is 0 Å². The third kappa shape index (κ3) is 2.40. The van der Waals surface area contributed by atoms with Crippen molar-refractivity contribution in [1.29, 1.82) is 0 Å². The highest BCUT2D eigenvalue weighted by atomic mass is 16.7. The van der Waals surface area contributed by atoms with E-state index in [1.807, 2.05) is 0 Å². The molecule has 6 atom stereocenters. The first-order chi connectivity index (χ1) is 13.0. The van der Waals surface area contributed by atoms with E-state index in [4.69, 9.17) is 9.47 Å². The molecular formula is C24H28O3. The number of benzene rings is 2. The number of carbonyl (C=O) groups is 1. The summed E-state index contributed by atoms with van der Waals surface area (Å²) in [5, 5.41) is 2.48. The Morgan fingerprint density at radius 3 is 2.78 bits per heavy atom. The number of ether oxygens (including phenoxy) is 2. The maximum Gasteiger partial charge on any atom is 0.217 e. The summed E-state index contributed by atoms with van der Waals surface area (Å²) in [4.78, 5) is 11.7. The molecule has 27 heavy (non-hydrogen) atoms. The van der Waals surface area contributed by atoms with Gasteiger partial charge in [0.2, 0.25) is 5.79 Å². The molecule has 0 aromatic heterocycles. The molecule has 2 fully saturated rings. The molecule has 0 amide bonds. The topological polar surface area (TPSA) is 35.5 Å². The van der Waals surface area contributed by atoms with Crippen LogP contribution in [0.25, 0.3) is 10.8 Å². The summed E-state index contributed by atoms with van der Waals surface area (Å²) in [6.45, 7) is 6.32. The molecule has 3 aliphatic rings. The van der Waals surface area contributed by atoms with Crippen molar-refractivity contribution in [3.8, 4) is 5.75 Å². The zero-order valence-corrected chi connectivity index (χ0v) is 16.4. The summed E-state index contributed by atoms with van der Waals surface area (Å²) in [6.07, 6.45) is 3.88. The van der Waals surface area contributed by atoms with E-state index < -0.39 is 5.79 Å². The van der Waals surface area contributed by atoms with Crippen molar-refractivity contribution in [3.05, 3.63) is 42.0 Å². The second kappa shape index (κ2) is 6.07. The largest absolute Gasteiger partial charge is 0.461 e. The van der Waals surface area contributed by atoms with Gasteiger partial charge in [-0.3, -0.25) is 0 Å². The van der Waals surface area contributed by atoms with Crippen LogP contribution in [0, 0.1) is 23.7 Å². The van der Waals surface area contributed by atoms with Crippen LogP contribution in [0.15, 0.2) is 36.4 Å². The predicted octanol–water partition coefficient (Wildman–Crippen LogP) is 5.67. The molecule has 1 saturated carbocycles. The average molecular weight is 364 g/mol. The first-order valence-electron chi connectivity index (χ1n) is 10.4. The molecule has 5 rings (SSSR count). The van der Waals surface area contributed by atoms with Crippen LogP contribution >= 0.6 is 0 Å². The average Bonchev–Trinajstić information content (AvgIpc) is 2.88. The maximum atomic E-state index is 11.7. The Balaban J connectivity index is 1.63. The van der Waals surface area contributed by atoms with E-state index in [2.05, 4.69) is 50.2 Å². The Labute approximate surface area is 161 Å². The van der Waals surface area contributed by atoms with E-state index in [0.717, 1.165) is 18.6 Å². The fraction of sp³-hybridized carbons (Fsp3) is 0.542. The molecule has 1 spiro atoms. The highest BCUT2D eigenvalue weighted by Gasteiger charge is 2.64. The zero-order valence-electron chi connectivity index (χ0n) is 16.4. The molecule has 2 aromatic rings. The summed E-state index contributed by atoms with van der Waals surface area (Å²) >= 11 is 0. The molecule has 1 unspecified atom stereocenters. The molecule has 3 nitrogen and oxygen atoms in total. The lowest BCUT2D eigenvalue weighted by Gasteiger charge is -2.49. The van der Waals surface area contributed by atoms with Crippen molar-refractivity contribution in [2.24, 2.45) is 23.7 Å². The lowest BCUT2D eigenvalue weighted by Crippen LogP contribution is -2.55.